The van der Waals surface area contributed by atoms with Crippen LogP contribution in [0.4, 0.5) is 0 Å². The lowest BCUT2D eigenvalue weighted by molar-refractivity contribution is 0.465. The van der Waals surface area contributed by atoms with Crippen molar-refractivity contribution in [3.05, 3.63) is 28.2 Å². The molecule has 0 unspecified atom stereocenters. The van der Waals surface area contributed by atoms with Crippen molar-refractivity contribution >= 4 is 38.4 Å². The van der Waals surface area contributed by atoms with Crippen LogP contribution in [-0.4, -0.2) is 39.9 Å². The fourth-order valence-electron chi connectivity index (χ4n) is 1.37. The quantitative estimate of drug-likeness (QED) is 0.877. The van der Waals surface area contributed by atoms with Crippen molar-refractivity contribution in [2.24, 2.45) is 0 Å². The molecule has 0 atom stereocenters. The monoisotopic (exact) mass is 356 g/mol. The van der Waals surface area contributed by atoms with Crippen LogP contribution in [0.25, 0.3) is 0 Å². The Bertz CT molecular complexity index is 494. The molecule has 0 saturated carbocycles. The van der Waals surface area contributed by atoms with E-state index < -0.39 is 10.0 Å². The van der Waals surface area contributed by atoms with Gasteiger partial charge in [-0.25, -0.2) is 8.42 Å². The molecule has 1 rings (SSSR count). The minimum absolute atomic E-state index is 0. The highest BCUT2D eigenvalue weighted by atomic mass is 79.9. The molecule has 0 fully saturated rings. The first-order valence-electron chi connectivity index (χ1n) is 5.26. The lowest BCUT2D eigenvalue weighted by Crippen LogP contribution is -2.33. The second-order valence-corrected chi connectivity index (χ2v) is 6.73. The van der Waals surface area contributed by atoms with Gasteiger partial charge in [0.2, 0.25) is 10.0 Å². The van der Waals surface area contributed by atoms with E-state index in [0.717, 1.165) is 5.56 Å². The van der Waals surface area contributed by atoms with Crippen molar-refractivity contribution in [2.45, 2.75) is 11.8 Å². The minimum atomic E-state index is -3.41. The molecule has 1 aromatic rings. The lowest BCUT2D eigenvalue weighted by Gasteiger charge is -2.18. The molecule has 0 aromatic heterocycles. The average Bonchev–Trinajstić information content (AvgIpc) is 2.25. The van der Waals surface area contributed by atoms with Gasteiger partial charge in [0.25, 0.3) is 0 Å². The molecule has 0 saturated heterocycles. The summed E-state index contributed by atoms with van der Waals surface area (Å²) < 4.78 is 26.4. The Morgan fingerprint density at radius 1 is 1.39 bits per heavy atom. The van der Waals surface area contributed by atoms with E-state index in [-0.39, 0.29) is 12.4 Å². The number of nitrogens with one attached hydrogen (secondary N) is 1. The topological polar surface area (TPSA) is 49.4 Å². The Morgan fingerprint density at radius 3 is 2.50 bits per heavy atom. The Morgan fingerprint density at radius 2 is 2.00 bits per heavy atom. The van der Waals surface area contributed by atoms with Gasteiger partial charge in [-0.3, -0.25) is 0 Å². The fraction of sp³-hybridized carbons (Fsp3) is 0.455. The highest BCUT2D eigenvalue weighted by Gasteiger charge is 2.22. The standard InChI is InChI=1S/C11H17BrN2O2S.ClH/c1-9-4-5-11(10(12)8-9)17(15,16)14(3)7-6-13-2;/h4-5,8,13H,6-7H2,1-3H3;1H. The van der Waals surface area contributed by atoms with E-state index in [0.29, 0.717) is 22.5 Å². The van der Waals surface area contributed by atoms with Crippen LogP contribution in [-0.2, 0) is 10.0 Å². The fourth-order valence-corrected chi connectivity index (χ4v) is 3.69. The number of sulfonamides is 1. The lowest BCUT2D eigenvalue weighted by atomic mass is 10.2. The summed E-state index contributed by atoms with van der Waals surface area (Å²) in [6, 6.07) is 5.23. The smallest absolute Gasteiger partial charge is 0.243 e. The van der Waals surface area contributed by atoms with E-state index >= 15 is 0 Å². The van der Waals surface area contributed by atoms with Crippen LogP contribution < -0.4 is 5.32 Å². The maximum Gasteiger partial charge on any atom is 0.243 e. The summed E-state index contributed by atoms with van der Waals surface area (Å²) in [5, 5.41) is 2.93. The molecule has 1 N–H and O–H groups in total. The molecule has 0 bridgehead atoms. The van der Waals surface area contributed by atoms with E-state index in [2.05, 4.69) is 21.2 Å². The summed E-state index contributed by atoms with van der Waals surface area (Å²) >= 11 is 3.30. The first-order chi connectivity index (χ1) is 7.89. The predicted octanol–water partition coefficient (Wildman–Crippen LogP) is 2.02. The normalized spacial score (nSPS) is 11.4. The van der Waals surface area contributed by atoms with Gasteiger partial charge < -0.3 is 5.32 Å². The Hall–Kier alpha value is -0.140. The number of hydrogen-bond donors (Lipinski definition) is 1. The maximum atomic E-state index is 12.2. The molecule has 7 heteroatoms. The van der Waals surface area contributed by atoms with E-state index in [9.17, 15) is 8.42 Å². The molecule has 0 aliphatic heterocycles. The third-order valence-electron chi connectivity index (χ3n) is 2.45. The number of benzene rings is 1. The van der Waals surface area contributed by atoms with E-state index in [1.54, 1.807) is 32.3 Å². The largest absolute Gasteiger partial charge is 0.318 e. The van der Waals surface area contributed by atoms with Crippen molar-refractivity contribution in [2.75, 3.05) is 27.2 Å². The Kier molecular flexibility index (Phi) is 7.39. The highest BCUT2D eigenvalue weighted by Crippen LogP contribution is 2.25. The second kappa shape index (κ2) is 7.45. The number of nitrogens with zero attached hydrogens (tertiary/aromatic N) is 1. The summed E-state index contributed by atoms with van der Waals surface area (Å²) in [5.74, 6) is 0. The number of hydrogen-bond acceptors (Lipinski definition) is 3. The van der Waals surface area contributed by atoms with Gasteiger partial charge in [0.15, 0.2) is 0 Å². The van der Waals surface area contributed by atoms with Crippen LogP contribution in [0, 0.1) is 6.92 Å². The summed E-state index contributed by atoms with van der Waals surface area (Å²) in [4.78, 5) is 0.307. The molecule has 1 aromatic carbocycles. The van der Waals surface area contributed by atoms with Gasteiger partial charge in [0.1, 0.15) is 0 Å². The number of rotatable bonds is 5. The second-order valence-electron chi connectivity index (χ2n) is 3.86. The molecule has 4 nitrogen and oxygen atoms in total. The Balaban J connectivity index is 0.00000289. The highest BCUT2D eigenvalue weighted by molar-refractivity contribution is 9.10. The molecule has 0 radical (unpaired) electrons. The molecule has 0 spiro atoms. The average molecular weight is 358 g/mol. The number of likely N-dealkylation sites (N-methyl/N-ethyl adjacent to an activating group) is 2. The molecule has 104 valence electrons. The maximum absolute atomic E-state index is 12.2. The molecular formula is C11H18BrClN2O2S. The van der Waals surface area contributed by atoms with Crippen LogP contribution in [0.5, 0.6) is 0 Å². The van der Waals surface area contributed by atoms with Gasteiger partial charge in [-0.15, -0.1) is 12.4 Å². The first kappa shape index (κ1) is 17.9. The molecule has 0 aliphatic carbocycles. The summed E-state index contributed by atoms with van der Waals surface area (Å²) in [6.45, 7) is 2.99. The van der Waals surface area contributed by atoms with Gasteiger partial charge in [0, 0.05) is 24.6 Å². The molecule has 0 heterocycles. The molecular weight excluding hydrogens is 340 g/mol. The van der Waals surface area contributed by atoms with Gasteiger partial charge in [-0.05, 0) is 47.6 Å². The van der Waals surface area contributed by atoms with E-state index in [1.807, 2.05) is 6.92 Å². The van der Waals surface area contributed by atoms with Crippen LogP contribution >= 0.6 is 28.3 Å². The molecule has 0 amide bonds. The van der Waals surface area contributed by atoms with Crippen molar-refractivity contribution in [1.82, 2.24) is 9.62 Å². The van der Waals surface area contributed by atoms with Crippen molar-refractivity contribution < 1.29 is 8.42 Å². The molecule has 0 aliphatic rings. The SMILES string of the molecule is CNCCN(C)S(=O)(=O)c1ccc(C)cc1Br.Cl. The van der Waals surface area contributed by atoms with Crippen molar-refractivity contribution in [1.29, 1.82) is 0 Å². The van der Waals surface area contributed by atoms with Gasteiger partial charge >= 0.3 is 0 Å². The van der Waals surface area contributed by atoms with Gasteiger partial charge in [-0.2, -0.15) is 4.31 Å². The van der Waals surface area contributed by atoms with Crippen LogP contribution in [0.15, 0.2) is 27.6 Å². The predicted molar refractivity (Wildman–Crippen MR) is 79.9 cm³/mol. The van der Waals surface area contributed by atoms with Gasteiger partial charge in [0.05, 0.1) is 4.90 Å². The van der Waals surface area contributed by atoms with E-state index in [4.69, 9.17) is 0 Å². The summed E-state index contributed by atoms with van der Waals surface area (Å²) in [5.41, 5.74) is 1.02. The minimum Gasteiger partial charge on any atom is -0.318 e. The van der Waals surface area contributed by atoms with Gasteiger partial charge in [-0.1, -0.05) is 6.07 Å². The molecule has 18 heavy (non-hydrogen) atoms. The number of aryl methyl sites for hydroxylation is 1. The zero-order chi connectivity index (χ0) is 13.1. The van der Waals surface area contributed by atoms with Crippen LogP contribution in [0.1, 0.15) is 5.56 Å². The summed E-state index contributed by atoms with van der Waals surface area (Å²) in [6.07, 6.45) is 0. The zero-order valence-electron chi connectivity index (χ0n) is 10.6. The number of halogens is 2. The zero-order valence-corrected chi connectivity index (χ0v) is 13.8. The third-order valence-corrected chi connectivity index (χ3v) is 5.29. The third kappa shape index (κ3) is 4.20. The van der Waals surface area contributed by atoms with Crippen LogP contribution in [0.2, 0.25) is 0 Å². The van der Waals surface area contributed by atoms with Crippen molar-refractivity contribution in [3.8, 4) is 0 Å². The first-order valence-corrected chi connectivity index (χ1v) is 7.50. The Labute approximate surface area is 123 Å². The van der Waals surface area contributed by atoms with E-state index in [1.165, 1.54) is 4.31 Å². The van der Waals surface area contributed by atoms with Crippen molar-refractivity contribution in [3.63, 3.8) is 0 Å². The summed E-state index contributed by atoms with van der Waals surface area (Å²) in [7, 11) is -0.0360. The van der Waals surface area contributed by atoms with Crippen LogP contribution in [0.3, 0.4) is 0 Å².